The molecule has 0 bridgehead atoms. The van der Waals surface area contributed by atoms with E-state index in [0.29, 0.717) is 0 Å². The summed E-state index contributed by atoms with van der Waals surface area (Å²) < 4.78 is 5.20. The van der Waals surface area contributed by atoms with Gasteiger partial charge in [0.05, 0.1) is 7.11 Å². The van der Waals surface area contributed by atoms with Crippen molar-refractivity contribution in [2.24, 2.45) is 0 Å². The van der Waals surface area contributed by atoms with Crippen LogP contribution in [0.4, 0.5) is 0 Å². The standard InChI is InChI=1S/C15H16O2/c1-11-10-13(8-9-14(11)17-2)15(16)12-6-4-3-5-7-12/h3-10,15-16H,1-2H3/t15-/m0/s1. The lowest BCUT2D eigenvalue weighted by atomic mass is 10.00. The van der Waals surface area contributed by atoms with Crippen LogP contribution in [0, 0.1) is 6.92 Å². The summed E-state index contributed by atoms with van der Waals surface area (Å²) in [6.07, 6.45) is -0.583. The van der Waals surface area contributed by atoms with Gasteiger partial charge in [0.2, 0.25) is 0 Å². The van der Waals surface area contributed by atoms with Crippen LogP contribution < -0.4 is 4.74 Å². The number of benzene rings is 2. The molecule has 1 atom stereocenters. The number of aliphatic hydroxyl groups excluding tert-OH is 1. The number of rotatable bonds is 3. The van der Waals surface area contributed by atoms with E-state index < -0.39 is 6.10 Å². The number of aliphatic hydroxyl groups is 1. The van der Waals surface area contributed by atoms with Gasteiger partial charge in [0.1, 0.15) is 11.9 Å². The van der Waals surface area contributed by atoms with E-state index in [9.17, 15) is 5.11 Å². The number of hydrogen-bond donors (Lipinski definition) is 1. The van der Waals surface area contributed by atoms with Gasteiger partial charge in [-0.25, -0.2) is 0 Å². The molecule has 2 heteroatoms. The zero-order chi connectivity index (χ0) is 12.3. The van der Waals surface area contributed by atoms with Crippen molar-refractivity contribution in [1.29, 1.82) is 0 Å². The minimum Gasteiger partial charge on any atom is -0.496 e. The molecule has 0 heterocycles. The second-order valence-corrected chi connectivity index (χ2v) is 4.04. The van der Waals surface area contributed by atoms with E-state index >= 15 is 0 Å². The summed E-state index contributed by atoms with van der Waals surface area (Å²) in [7, 11) is 1.65. The van der Waals surface area contributed by atoms with Crippen molar-refractivity contribution in [3.63, 3.8) is 0 Å². The first kappa shape index (κ1) is 11.7. The Hall–Kier alpha value is -1.80. The Balaban J connectivity index is 2.32. The molecule has 0 aliphatic rings. The smallest absolute Gasteiger partial charge is 0.121 e. The highest BCUT2D eigenvalue weighted by Gasteiger charge is 2.11. The quantitative estimate of drug-likeness (QED) is 0.874. The maximum atomic E-state index is 10.2. The van der Waals surface area contributed by atoms with E-state index in [1.807, 2.05) is 55.5 Å². The van der Waals surface area contributed by atoms with E-state index in [-0.39, 0.29) is 0 Å². The van der Waals surface area contributed by atoms with Crippen LogP contribution in [0.15, 0.2) is 48.5 Å². The Morgan fingerprint density at radius 1 is 1.00 bits per heavy atom. The normalized spacial score (nSPS) is 12.2. The summed E-state index contributed by atoms with van der Waals surface area (Å²) in [6, 6.07) is 15.4. The molecule has 0 fully saturated rings. The fourth-order valence-corrected chi connectivity index (χ4v) is 1.90. The lowest BCUT2D eigenvalue weighted by Crippen LogP contribution is -2.00. The lowest BCUT2D eigenvalue weighted by Gasteiger charge is -2.13. The fraction of sp³-hybridized carbons (Fsp3) is 0.200. The zero-order valence-corrected chi connectivity index (χ0v) is 10.1. The molecule has 0 saturated heterocycles. The van der Waals surface area contributed by atoms with Gasteiger partial charge in [-0.1, -0.05) is 36.4 Å². The van der Waals surface area contributed by atoms with Crippen molar-refractivity contribution in [3.05, 3.63) is 65.2 Å². The minimum atomic E-state index is -0.583. The Labute approximate surface area is 101 Å². The molecule has 2 aromatic carbocycles. The summed E-state index contributed by atoms with van der Waals surface area (Å²) >= 11 is 0. The van der Waals surface area contributed by atoms with E-state index in [1.165, 1.54) is 0 Å². The molecular formula is C15H16O2. The monoisotopic (exact) mass is 228 g/mol. The van der Waals surface area contributed by atoms with Crippen LogP contribution in [0.1, 0.15) is 22.8 Å². The van der Waals surface area contributed by atoms with Gasteiger partial charge in [0, 0.05) is 0 Å². The maximum Gasteiger partial charge on any atom is 0.121 e. The van der Waals surface area contributed by atoms with Crippen molar-refractivity contribution in [3.8, 4) is 5.75 Å². The molecule has 0 aliphatic heterocycles. The largest absolute Gasteiger partial charge is 0.496 e. The molecular weight excluding hydrogens is 212 g/mol. The first-order valence-corrected chi connectivity index (χ1v) is 5.60. The molecule has 0 radical (unpaired) electrons. The first-order valence-electron chi connectivity index (χ1n) is 5.60. The van der Waals surface area contributed by atoms with Gasteiger partial charge in [-0.2, -0.15) is 0 Å². The van der Waals surface area contributed by atoms with Crippen LogP contribution in [0.5, 0.6) is 5.75 Å². The third-order valence-corrected chi connectivity index (χ3v) is 2.85. The molecule has 0 aliphatic carbocycles. The predicted octanol–water partition coefficient (Wildman–Crippen LogP) is 3.09. The number of hydrogen-bond acceptors (Lipinski definition) is 2. The fourth-order valence-electron chi connectivity index (χ4n) is 1.90. The van der Waals surface area contributed by atoms with E-state index in [0.717, 1.165) is 22.4 Å². The Bertz CT molecular complexity index is 492. The molecule has 0 amide bonds. The Morgan fingerprint density at radius 3 is 2.29 bits per heavy atom. The minimum absolute atomic E-state index is 0.583. The number of ether oxygens (including phenoxy) is 1. The van der Waals surface area contributed by atoms with Gasteiger partial charge in [0.15, 0.2) is 0 Å². The van der Waals surface area contributed by atoms with Crippen molar-refractivity contribution >= 4 is 0 Å². The molecule has 0 saturated carbocycles. The predicted molar refractivity (Wildman–Crippen MR) is 68.2 cm³/mol. The van der Waals surface area contributed by atoms with Gasteiger partial charge >= 0.3 is 0 Å². The van der Waals surface area contributed by atoms with Crippen molar-refractivity contribution in [2.45, 2.75) is 13.0 Å². The highest BCUT2D eigenvalue weighted by atomic mass is 16.5. The average molecular weight is 228 g/mol. The lowest BCUT2D eigenvalue weighted by molar-refractivity contribution is 0.220. The first-order chi connectivity index (χ1) is 8.22. The molecule has 17 heavy (non-hydrogen) atoms. The second-order valence-electron chi connectivity index (χ2n) is 4.04. The highest BCUT2D eigenvalue weighted by molar-refractivity contribution is 5.39. The summed E-state index contributed by atoms with van der Waals surface area (Å²) in [5.74, 6) is 0.842. The Morgan fingerprint density at radius 2 is 1.71 bits per heavy atom. The van der Waals surface area contributed by atoms with Gasteiger partial charge in [0.25, 0.3) is 0 Å². The maximum absolute atomic E-state index is 10.2. The molecule has 0 spiro atoms. The SMILES string of the molecule is COc1ccc([C@@H](O)c2ccccc2)cc1C. The summed E-state index contributed by atoms with van der Waals surface area (Å²) in [5, 5.41) is 10.2. The van der Waals surface area contributed by atoms with Crippen LogP contribution in [-0.4, -0.2) is 12.2 Å². The third-order valence-electron chi connectivity index (χ3n) is 2.85. The third kappa shape index (κ3) is 2.48. The van der Waals surface area contributed by atoms with E-state index in [4.69, 9.17) is 4.74 Å². The van der Waals surface area contributed by atoms with Crippen LogP contribution in [0.2, 0.25) is 0 Å². The van der Waals surface area contributed by atoms with Crippen LogP contribution in [0.25, 0.3) is 0 Å². The molecule has 2 aromatic rings. The molecule has 2 nitrogen and oxygen atoms in total. The number of methoxy groups -OCH3 is 1. The van der Waals surface area contributed by atoms with Gasteiger partial charge in [-0.15, -0.1) is 0 Å². The van der Waals surface area contributed by atoms with Crippen LogP contribution in [-0.2, 0) is 0 Å². The van der Waals surface area contributed by atoms with Gasteiger partial charge in [-0.05, 0) is 35.7 Å². The summed E-state index contributed by atoms with van der Waals surface area (Å²) in [6.45, 7) is 1.97. The highest BCUT2D eigenvalue weighted by Crippen LogP contribution is 2.26. The van der Waals surface area contributed by atoms with Crippen molar-refractivity contribution in [2.75, 3.05) is 7.11 Å². The molecule has 0 unspecified atom stereocenters. The summed E-state index contributed by atoms with van der Waals surface area (Å²) in [4.78, 5) is 0. The van der Waals surface area contributed by atoms with Gasteiger partial charge in [-0.3, -0.25) is 0 Å². The van der Waals surface area contributed by atoms with Crippen molar-refractivity contribution in [1.82, 2.24) is 0 Å². The van der Waals surface area contributed by atoms with Crippen LogP contribution in [0.3, 0.4) is 0 Å². The van der Waals surface area contributed by atoms with E-state index in [1.54, 1.807) is 7.11 Å². The number of aryl methyl sites for hydroxylation is 1. The van der Waals surface area contributed by atoms with E-state index in [2.05, 4.69) is 0 Å². The molecule has 1 N–H and O–H groups in total. The zero-order valence-electron chi connectivity index (χ0n) is 10.1. The summed E-state index contributed by atoms with van der Waals surface area (Å²) in [5.41, 5.74) is 2.81. The average Bonchev–Trinajstić information content (AvgIpc) is 2.39. The van der Waals surface area contributed by atoms with Crippen molar-refractivity contribution < 1.29 is 9.84 Å². The van der Waals surface area contributed by atoms with Gasteiger partial charge < -0.3 is 9.84 Å². The second kappa shape index (κ2) is 5.02. The van der Waals surface area contributed by atoms with Crippen LogP contribution >= 0.6 is 0 Å². The molecule has 0 aromatic heterocycles. The Kier molecular flexibility index (Phi) is 3.45. The molecule has 88 valence electrons. The molecule has 2 rings (SSSR count). The topological polar surface area (TPSA) is 29.5 Å².